The van der Waals surface area contributed by atoms with Gasteiger partial charge in [-0.1, -0.05) is 20.8 Å². The van der Waals surface area contributed by atoms with Gasteiger partial charge in [-0.25, -0.2) is 9.97 Å². The summed E-state index contributed by atoms with van der Waals surface area (Å²) in [6.45, 7) is 6.53. The fourth-order valence-electron chi connectivity index (χ4n) is 3.19. The van der Waals surface area contributed by atoms with Crippen molar-refractivity contribution < 1.29 is 4.79 Å². The van der Waals surface area contributed by atoms with Gasteiger partial charge in [0.05, 0.1) is 0 Å². The van der Waals surface area contributed by atoms with Crippen molar-refractivity contribution in [2.45, 2.75) is 58.3 Å². The highest BCUT2D eigenvalue weighted by Crippen LogP contribution is 2.32. The smallest absolute Gasteiger partial charge is 0.225 e. The minimum atomic E-state index is 0.0630. The molecule has 1 saturated carbocycles. The average molecular weight is 303 g/mol. The first-order valence-corrected chi connectivity index (χ1v) is 8.30. The molecular weight excluding hydrogens is 274 g/mol. The summed E-state index contributed by atoms with van der Waals surface area (Å²) in [6.07, 6.45) is 6.97. The van der Waals surface area contributed by atoms with Crippen molar-refractivity contribution in [1.29, 1.82) is 0 Å². The lowest BCUT2D eigenvalue weighted by Gasteiger charge is -2.29. The van der Waals surface area contributed by atoms with Gasteiger partial charge in [-0.3, -0.25) is 4.79 Å². The van der Waals surface area contributed by atoms with E-state index in [1.54, 1.807) is 11.2 Å². The topological polar surface area (TPSA) is 46.1 Å². The number of amides is 1. The van der Waals surface area contributed by atoms with Crippen molar-refractivity contribution >= 4 is 5.91 Å². The summed E-state index contributed by atoms with van der Waals surface area (Å²) >= 11 is 0. The molecule has 4 heteroatoms. The lowest BCUT2D eigenvalue weighted by molar-refractivity contribution is -0.134. The largest absolute Gasteiger partial charge is 0.349 e. The molecule has 0 bridgehead atoms. The zero-order valence-electron chi connectivity index (χ0n) is 14.6. The standard InChI is InChI=1S/C18H29N3O/c1-18(2,3)16-11-15(19-12-20-16)10-13-6-8-14(9-7-13)17(22)21(4)5/h11-14H,6-10H2,1-5H3. The average Bonchev–Trinajstić information content (AvgIpc) is 2.46. The van der Waals surface area contributed by atoms with Crippen LogP contribution >= 0.6 is 0 Å². The van der Waals surface area contributed by atoms with Gasteiger partial charge in [-0.2, -0.15) is 0 Å². The summed E-state index contributed by atoms with van der Waals surface area (Å²) in [4.78, 5) is 22.6. The van der Waals surface area contributed by atoms with Crippen LogP contribution in [0.3, 0.4) is 0 Å². The Kier molecular flexibility index (Phi) is 5.20. The number of hydrogen-bond acceptors (Lipinski definition) is 3. The van der Waals surface area contributed by atoms with E-state index in [1.807, 2.05) is 14.1 Å². The van der Waals surface area contributed by atoms with Crippen molar-refractivity contribution in [1.82, 2.24) is 14.9 Å². The quantitative estimate of drug-likeness (QED) is 0.861. The van der Waals surface area contributed by atoms with Gasteiger partial charge in [0.25, 0.3) is 0 Å². The monoisotopic (exact) mass is 303 g/mol. The first kappa shape index (κ1) is 16.9. The number of aromatic nitrogens is 2. The van der Waals surface area contributed by atoms with E-state index in [0.717, 1.165) is 43.5 Å². The Morgan fingerprint density at radius 3 is 2.36 bits per heavy atom. The SMILES string of the molecule is CN(C)C(=O)C1CCC(Cc2cc(C(C)(C)C)ncn2)CC1. The maximum Gasteiger partial charge on any atom is 0.225 e. The molecule has 0 atom stereocenters. The molecule has 1 aromatic heterocycles. The molecule has 1 fully saturated rings. The maximum atomic E-state index is 12.0. The summed E-state index contributed by atoms with van der Waals surface area (Å²) in [5.41, 5.74) is 2.31. The van der Waals surface area contributed by atoms with Gasteiger partial charge in [-0.15, -0.1) is 0 Å². The van der Waals surface area contributed by atoms with Gasteiger partial charge < -0.3 is 4.90 Å². The van der Waals surface area contributed by atoms with E-state index in [-0.39, 0.29) is 17.2 Å². The second kappa shape index (κ2) is 6.76. The van der Waals surface area contributed by atoms with Gasteiger partial charge >= 0.3 is 0 Å². The Morgan fingerprint density at radius 2 is 1.82 bits per heavy atom. The maximum absolute atomic E-state index is 12.0. The fourth-order valence-corrected chi connectivity index (χ4v) is 3.19. The van der Waals surface area contributed by atoms with E-state index in [1.165, 1.54) is 0 Å². The van der Waals surface area contributed by atoms with Crippen LogP contribution in [0.15, 0.2) is 12.4 Å². The third-order valence-corrected chi connectivity index (χ3v) is 4.63. The van der Waals surface area contributed by atoms with Crippen LogP contribution in [0, 0.1) is 11.8 Å². The first-order valence-electron chi connectivity index (χ1n) is 8.30. The van der Waals surface area contributed by atoms with Crippen LogP contribution < -0.4 is 0 Å². The van der Waals surface area contributed by atoms with E-state index < -0.39 is 0 Å². The Hall–Kier alpha value is -1.45. The fraction of sp³-hybridized carbons (Fsp3) is 0.722. The molecule has 0 saturated heterocycles. The molecule has 1 amide bonds. The summed E-state index contributed by atoms with van der Waals surface area (Å²) in [7, 11) is 3.70. The van der Waals surface area contributed by atoms with Gasteiger partial charge in [0.15, 0.2) is 0 Å². The second-order valence-electron chi connectivity index (χ2n) is 7.80. The molecule has 1 heterocycles. The van der Waals surface area contributed by atoms with E-state index in [0.29, 0.717) is 5.92 Å². The molecule has 4 nitrogen and oxygen atoms in total. The molecule has 1 aliphatic carbocycles. The van der Waals surface area contributed by atoms with Crippen LogP contribution in [0.2, 0.25) is 0 Å². The van der Waals surface area contributed by atoms with E-state index in [2.05, 4.69) is 36.8 Å². The predicted octanol–water partition coefficient (Wildman–Crippen LogP) is 3.21. The molecule has 1 aliphatic rings. The summed E-state index contributed by atoms with van der Waals surface area (Å²) < 4.78 is 0. The van der Waals surface area contributed by atoms with Gasteiger partial charge in [0, 0.05) is 36.8 Å². The lowest BCUT2D eigenvalue weighted by Crippen LogP contribution is -2.32. The highest BCUT2D eigenvalue weighted by molar-refractivity contribution is 5.78. The molecule has 1 aromatic rings. The Morgan fingerprint density at radius 1 is 1.18 bits per heavy atom. The van der Waals surface area contributed by atoms with Gasteiger partial charge in [0.2, 0.25) is 5.91 Å². The van der Waals surface area contributed by atoms with Crippen LogP contribution in [0.5, 0.6) is 0 Å². The normalized spacial score (nSPS) is 22.4. The molecule has 122 valence electrons. The summed E-state index contributed by atoms with van der Waals surface area (Å²) in [5.74, 6) is 1.16. The van der Waals surface area contributed by atoms with E-state index >= 15 is 0 Å². The third kappa shape index (κ3) is 4.28. The van der Waals surface area contributed by atoms with Crippen molar-refractivity contribution in [3.05, 3.63) is 23.8 Å². The molecule has 0 spiro atoms. The van der Waals surface area contributed by atoms with Crippen LogP contribution in [0.25, 0.3) is 0 Å². The molecule has 0 aromatic carbocycles. The van der Waals surface area contributed by atoms with E-state index in [4.69, 9.17) is 0 Å². The number of carbonyl (C=O) groups excluding carboxylic acids is 1. The highest BCUT2D eigenvalue weighted by atomic mass is 16.2. The van der Waals surface area contributed by atoms with Gasteiger partial charge in [0.1, 0.15) is 6.33 Å². The second-order valence-corrected chi connectivity index (χ2v) is 7.80. The lowest BCUT2D eigenvalue weighted by atomic mass is 9.79. The molecule has 0 N–H and O–H groups in total. The highest BCUT2D eigenvalue weighted by Gasteiger charge is 2.27. The summed E-state index contributed by atoms with van der Waals surface area (Å²) in [6, 6.07) is 2.15. The number of nitrogens with zero attached hydrogens (tertiary/aromatic N) is 3. The molecule has 0 aliphatic heterocycles. The van der Waals surface area contributed by atoms with Crippen LogP contribution in [-0.2, 0) is 16.6 Å². The van der Waals surface area contributed by atoms with Crippen LogP contribution in [-0.4, -0.2) is 34.9 Å². The number of hydrogen-bond donors (Lipinski definition) is 0. The van der Waals surface area contributed by atoms with Crippen LogP contribution in [0.4, 0.5) is 0 Å². The van der Waals surface area contributed by atoms with Crippen molar-refractivity contribution in [3.8, 4) is 0 Å². The third-order valence-electron chi connectivity index (χ3n) is 4.63. The van der Waals surface area contributed by atoms with Crippen LogP contribution in [0.1, 0.15) is 57.8 Å². The Labute approximate surface area is 134 Å². The van der Waals surface area contributed by atoms with Crippen molar-refractivity contribution in [2.75, 3.05) is 14.1 Å². The predicted molar refractivity (Wildman–Crippen MR) is 88.6 cm³/mol. The first-order chi connectivity index (χ1) is 10.3. The Balaban J connectivity index is 1.93. The zero-order chi connectivity index (χ0) is 16.3. The number of carbonyl (C=O) groups is 1. The van der Waals surface area contributed by atoms with Crippen molar-refractivity contribution in [3.63, 3.8) is 0 Å². The van der Waals surface area contributed by atoms with Gasteiger partial charge in [-0.05, 0) is 44.1 Å². The summed E-state index contributed by atoms with van der Waals surface area (Å²) in [5, 5.41) is 0. The minimum Gasteiger partial charge on any atom is -0.349 e. The zero-order valence-corrected chi connectivity index (χ0v) is 14.6. The molecular formula is C18H29N3O. The molecule has 0 radical (unpaired) electrons. The molecule has 22 heavy (non-hydrogen) atoms. The molecule has 0 unspecified atom stereocenters. The van der Waals surface area contributed by atoms with E-state index in [9.17, 15) is 4.79 Å². The molecule has 2 rings (SSSR count). The van der Waals surface area contributed by atoms with Crippen molar-refractivity contribution in [2.24, 2.45) is 11.8 Å². The minimum absolute atomic E-state index is 0.0630. The Bertz CT molecular complexity index is 511. The number of rotatable bonds is 3.